The Bertz CT molecular complexity index is 267. The highest BCUT2D eigenvalue weighted by molar-refractivity contribution is 5.01. The monoisotopic (exact) mass is 205 g/mol. The molecule has 3 unspecified atom stereocenters. The van der Waals surface area contributed by atoms with Gasteiger partial charge in [0.1, 0.15) is 0 Å². The molecule has 0 aromatic carbocycles. The van der Waals surface area contributed by atoms with Crippen molar-refractivity contribution in [1.29, 1.82) is 0 Å². The summed E-state index contributed by atoms with van der Waals surface area (Å²) in [6, 6.07) is 0. The Morgan fingerprint density at radius 1 is 1.47 bits per heavy atom. The summed E-state index contributed by atoms with van der Waals surface area (Å²) in [5, 5.41) is 0. The van der Waals surface area contributed by atoms with E-state index < -0.39 is 0 Å². The van der Waals surface area contributed by atoms with Gasteiger partial charge < -0.3 is 4.90 Å². The van der Waals surface area contributed by atoms with Gasteiger partial charge in [-0.2, -0.15) is 0 Å². The van der Waals surface area contributed by atoms with Gasteiger partial charge in [-0.3, -0.25) is 0 Å². The van der Waals surface area contributed by atoms with Crippen LogP contribution in [0, 0.1) is 17.8 Å². The van der Waals surface area contributed by atoms with Crippen LogP contribution in [0.25, 0.3) is 0 Å². The first-order chi connectivity index (χ1) is 7.18. The summed E-state index contributed by atoms with van der Waals surface area (Å²) in [4.78, 5) is 2.31. The molecule has 3 atom stereocenters. The molecule has 15 heavy (non-hydrogen) atoms. The molecule has 0 amide bonds. The molecule has 1 heteroatoms. The average Bonchev–Trinajstić information content (AvgIpc) is 2.98. The quantitative estimate of drug-likeness (QED) is 0.635. The van der Waals surface area contributed by atoms with E-state index in [1.807, 2.05) is 0 Å². The number of allylic oxidation sites excluding steroid dienone is 3. The largest absolute Gasteiger partial charge is 0.378 e. The predicted molar refractivity (Wildman–Crippen MR) is 65.5 cm³/mol. The zero-order valence-corrected chi connectivity index (χ0v) is 10.1. The summed E-state index contributed by atoms with van der Waals surface area (Å²) in [5.41, 5.74) is 1.20. The number of hydrogen-bond donors (Lipinski definition) is 0. The van der Waals surface area contributed by atoms with Crippen LogP contribution in [0.15, 0.2) is 24.4 Å². The van der Waals surface area contributed by atoms with Crippen LogP contribution in [0.4, 0.5) is 0 Å². The summed E-state index contributed by atoms with van der Waals surface area (Å²) >= 11 is 0. The van der Waals surface area contributed by atoms with Gasteiger partial charge in [0.15, 0.2) is 0 Å². The molecule has 1 fully saturated rings. The molecule has 0 aromatic heterocycles. The van der Waals surface area contributed by atoms with E-state index in [1.54, 1.807) is 0 Å². The second kappa shape index (κ2) is 4.42. The molecule has 2 aliphatic carbocycles. The fourth-order valence-corrected chi connectivity index (χ4v) is 2.77. The number of hydrogen-bond acceptors (Lipinski definition) is 1. The maximum Gasteiger partial charge on any atom is 0.0202 e. The first-order valence-corrected chi connectivity index (χ1v) is 6.20. The van der Waals surface area contributed by atoms with E-state index in [0.717, 1.165) is 17.8 Å². The standard InChI is InChI=1S/C14H23N/c1-11(2)15(3)10-13-9-14(13)12-7-5-4-6-8-12/h4-5,12-14H,1,6-10H2,2-3H3. The Hall–Kier alpha value is -0.720. The molecule has 1 nitrogen and oxygen atoms in total. The molecule has 0 aliphatic heterocycles. The van der Waals surface area contributed by atoms with Crippen LogP contribution in [-0.2, 0) is 0 Å². The van der Waals surface area contributed by atoms with E-state index in [1.165, 1.54) is 37.9 Å². The van der Waals surface area contributed by atoms with E-state index >= 15 is 0 Å². The third kappa shape index (κ3) is 2.64. The molecule has 0 aromatic rings. The molecule has 0 heterocycles. The number of nitrogens with zero attached hydrogens (tertiary/aromatic N) is 1. The highest BCUT2D eigenvalue weighted by atomic mass is 15.1. The molecule has 0 spiro atoms. The molecule has 0 radical (unpaired) electrons. The molecule has 0 N–H and O–H groups in total. The van der Waals surface area contributed by atoms with Crippen LogP contribution in [0.5, 0.6) is 0 Å². The fourth-order valence-electron chi connectivity index (χ4n) is 2.77. The van der Waals surface area contributed by atoms with Crippen molar-refractivity contribution < 1.29 is 0 Å². The molecule has 0 saturated heterocycles. The molecule has 84 valence electrons. The molecular weight excluding hydrogens is 182 g/mol. The van der Waals surface area contributed by atoms with Crippen LogP contribution in [-0.4, -0.2) is 18.5 Å². The number of rotatable bonds is 4. The fraction of sp³-hybridized carbons (Fsp3) is 0.714. The van der Waals surface area contributed by atoms with Gasteiger partial charge in [-0.1, -0.05) is 18.7 Å². The van der Waals surface area contributed by atoms with Gasteiger partial charge in [0.2, 0.25) is 0 Å². The summed E-state index contributed by atoms with van der Waals surface area (Å²) in [6.07, 6.45) is 10.2. The Labute approximate surface area is 93.9 Å². The third-order valence-electron chi connectivity index (χ3n) is 4.05. The summed E-state index contributed by atoms with van der Waals surface area (Å²) in [6.45, 7) is 7.31. The maximum absolute atomic E-state index is 3.99. The van der Waals surface area contributed by atoms with Crippen molar-refractivity contribution >= 4 is 0 Å². The van der Waals surface area contributed by atoms with E-state index in [9.17, 15) is 0 Å². The van der Waals surface area contributed by atoms with Gasteiger partial charge in [0.05, 0.1) is 0 Å². The van der Waals surface area contributed by atoms with Crippen LogP contribution in [0.2, 0.25) is 0 Å². The maximum atomic E-state index is 3.99. The SMILES string of the molecule is C=C(C)N(C)CC1CC1C1CC=CCC1. The van der Waals surface area contributed by atoms with Gasteiger partial charge in [0.25, 0.3) is 0 Å². The summed E-state index contributed by atoms with van der Waals surface area (Å²) < 4.78 is 0. The lowest BCUT2D eigenvalue weighted by atomic mass is 9.89. The lowest BCUT2D eigenvalue weighted by molar-refractivity contribution is 0.346. The highest BCUT2D eigenvalue weighted by Gasteiger charge is 2.42. The highest BCUT2D eigenvalue weighted by Crippen LogP contribution is 2.48. The van der Waals surface area contributed by atoms with Crippen molar-refractivity contribution in [1.82, 2.24) is 4.90 Å². The lowest BCUT2D eigenvalue weighted by Crippen LogP contribution is -2.20. The first-order valence-electron chi connectivity index (χ1n) is 6.20. The first kappa shape index (κ1) is 10.8. The second-order valence-corrected chi connectivity index (χ2v) is 5.32. The summed E-state index contributed by atoms with van der Waals surface area (Å²) in [7, 11) is 2.17. The van der Waals surface area contributed by atoms with Crippen LogP contribution < -0.4 is 0 Å². The van der Waals surface area contributed by atoms with Gasteiger partial charge in [-0.15, -0.1) is 0 Å². The van der Waals surface area contributed by atoms with E-state index in [0.29, 0.717) is 0 Å². The van der Waals surface area contributed by atoms with Gasteiger partial charge in [-0.25, -0.2) is 0 Å². The van der Waals surface area contributed by atoms with Gasteiger partial charge in [-0.05, 0) is 50.4 Å². The smallest absolute Gasteiger partial charge is 0.0202 e. The van der Waals surface area contributed by atoms with Gasteiger partial charge in [0, 0.05) is 19.3 Å². The van der Waals surface area contributed by atoms with E-state index in [2.05, 4.69) is 37.6 Å². The van der Waals surface area contributed by atoms with E-state index in [-0.39, 0.29) is 0 Å². The van der Waals surface area contributed by atoms with Crippen LogP contribution >= 0.6 is 0 Å². The molecule has 1 saturated carbocycles. The molecule has 2 rings (SSSR count). The van der Waals surface area contributed by atoms with Crippen molar-refractivity contribution in [3.05, 3.63) is 24.4 Å². The van der Waals surface area contributed by atoms with Crippen molar-refractivity contribution in [3.63, 3.8) is 0 Å². The van der Waals surface area contributed by atoms with Gasteiger partial charge >= 0.3 is 0 Å². The predicted octanol–water partition coefficient (Wildman–Crippen LogP) is 3.44. The van der Waals surface area contributed by atoms with E-state index in [4.69, 9.17) is 0 Å². The third-order valence-corrected chi connectivity index (χ3v) is 4.05. The summed E-state index contributed by atoms with van der Waals surface area (Å²) in [5.74, 6) is 2.94. The van der Waals surface area contributed by atoms with Crippen molar-refractivity contribution in [2.45, 2.75) is 32.6 Å². The van der Waals surface area contributed by atoms with Crippen LogP contribution in [0.3, 0.4) is 0 Å². The zero-order valence-electron chi connectivity index (χ0n) is 10.1. The minimum absolute atomic E-state index is 0.947. The molecule has 2 aliphatic rings. The Balaban J connectivity index is 1.75. The minimum atomic E-state index is 0.947. The average molecular weight is 205 g/mol. The van der Waals surface area contributed by atoms with Crippen molar-refractivity contribution in [2.75, 3.05) is 13.6 Å². The molecular formula is C14H23N. The topological polar surface area (TPSA) is 3.24 Å². The molecule has 0 bridgehead atoms. The Morgan fingerprint density at radius 2 is 2.27 bits per heavy atom. The Morgan fingerprint density at radius 3 is 2.87 bits per heavy atom. The minimum Gasteiger partial charge on any atom is -0.378 e. The van der Waals surface area contributed by atoms with Crippen LogP contribution in [0.1, 0.15) is 32.6 Å². The normalized spacial score (nSPS) is 33.9. The Kier molecular flexibility index (Phi) is 3.18. The van der Waals surface area contributed by atoms with Crippen molar-refractivity contribution in [2.24, 2.45) is 17.8 Å². The van der Waals surface area contributed by atoms with Crippen molar-refractivity contribution in [3.8, 4) is 0 Å². The lowest BCUT2D eigenvalue weighted by Gasteiger charge is -2.21. The zero-order chi connectivity index (χ0) is 10.8. The second-order valence-electron chi connectivity index (χ2n) is 5.32.